The number of hydrogen-bond donors (Lipinski definition) is 0. The van der Waals surface area contributed by atoms with Crippen LogP contribution in [0.4, 0.5) is 13.2 Å². The lowest BCUT2D eigenvalue weighted by molar-refractivity contribution is -0.0518. The van der Waals surface area contributed by atoms with Crippen LogP contribution in [0.1, 0.15) is 0 Å². The van der Waals surface area contributed by atoms with Gasteiger partial charge in [-0.2, -0.15) is 8.78 Å². The number of ether oxygens (including phenoxy) is 1. The van der Waals surface area contributed by atoms with E-state index in [0.29, 0.717) is 6.20 Å². The van der Waals surface area contributed by atoms with Crippen molar-refractivity contribution in [1.82, 2.24) is 4.98 Å². The molecule has 0 aliphatic heterocycles. The molecule has 0 radical (unpaired) electrons. The molecule has 0 aliphatic rings. The van der Waals surface area contributed by atoms with Crippen LogP contribution in [0, 0.1) is 5.82 Å². The molecule has 2 nitrogen and oxygen atoms in total. The maximum Gasteiger partial charge on any atom is 0.387 e. The zero-order valence-corrected chi connectivity index (χ0v) is 13.9. The van der Waals surface area contributed by atoms with Gasteiger partial charge in [0.05, 0.1) is 31.3 Å². The maximum atomic E-state index is 13.7. The van der Waals surface area contributed by atoms with Crippen molar-refractivity contribution in [3.05, 3.63) is 43.3 Å². The Morgan fingerprint density at radius 2 is 1.36 bits per heavy atom. The number of alkyl halides is 2. The molecule has 0 saturated heterocycles. The van der Waals surface area contributed by atoms with Gasteiger partial charge in [-0.3, -0.25) is 4.98 Å². The van der Waals surface area contributed by atoms with Crippen molar-refractivity contribution in [2.24, 2.45) is 0 Å². The molecule has 22 heavy (non-hydrogen) atoms. The monoisotopic (exact) mass is 409 g/mol. The minimum Gasteiger partial charge on any atom is -0.431 e. The van der Waals surface area contributed by atoms with Crippen molar-refractivity contribution in [1.29, 1.82) is 0 Å². The summed E-state index contributed by atoms with van der Waals surface area (Å²) in [4.78, 5) is 3.56. The SMILES string of the molecule is Fc1cncc(-c2c(Cl)c(Cl)c(Cl)c(Cl)c2Cl)c1OC(F)F. The van der Waals surface area contributed by atoms with Crippen LogP contribution in [-0.4, -0.2) is 11.6 Å². The summed E-state index contributed by atoms with van der Waals surface area (Å²) in [7, 11) is 0. The Bertz CT molecular complexity index is 712. The number of nitrogens with zero attached hydrogens (tertiary/aromatic N) is 1. The molecule has 0 atom stereocenters. The van der Waals surface area contributed by atoms with Gasteiger partial charge in [0.25, 0.3) is 0 Å². The molecule has 0 bridgehead atoms. The van der Waals surface area contributed by atoms with Gasteiger partial charge < -0.3 is 4.74 Å². The third kappa shape index (κ3) is 3.19. The maximum absolute atomic E-state index is 13.7. The number of halogens is 8. The van der Waals surface area contributed by atoms with Crippen molar-refractivity contribution < 1.29 is 17.9 Å². The predicted octanol–water partition coefficient (Wildman–Crippen LogP) is 6.76. The van der Waals surface area contributed by atoms with Gasteiger partial charge in [-0.05, 0) is 0 Å². The van der Waals surface area contributed by atoms with Gasteiger partial charge in [0.1, 0.15) is 0 Å². The summed E-state index contributed by atoms with van der Waals surface area (Å²) in [5, 5.41) is -0.858. The van der Waals surface area contributed by atoms with E-state index in [2.05, 4.69) is 9.72 Å². The van der Waals surface area contributed by atoms with Crippen LogP contribution in [0.5, 0.6) is 5.75 Å². The van der Waals surface area contributed by atoms with Crippen molar-refractivity contribution in [2.45, 2.75) is 6.61 Å². The van der Waals surface area contributed by atoms with Crippen molar-refractivity contribution in [3.8, 4) is 16.9 Å². The average Bonchev–Trinajstić information content (AvgIpc) is 2.46. The van der Waals surface area contributed by atoms with Gasteiger partial charge in [-0.25, -0.2) is 4.39 Å². The lowest BCUT2D eigenvalue weighted by Gasteiger charge is -2.16. The van der Waals surface area contributed by atoms with Crippen molar-refractivity contribution in [3.63, 3.8) is 0 Å². The Morgan fingerprint density at radius 1 is 0.864 bits per heavy atom. The van der Waals surface area contributed by atoms with Gasteiger partial charge in [-0.15, -0.1) is 0 Å². The van der Waals surface area contributed by atoms with Crippen molar-refractivity contribution >= 4 is 58.0 Å². The summed E-state index contributed by atoms with van der Waals surface area (Å²) >= 11 is 29.7. The molecule has 0 amide bonds. The van der Waals surface area contributed by atoms with Crippen LogP contribution in [0.25, 0.3) is 11.1 Å². The van der Waals surface area contributed by atoms with Gasteiger partial charge >= 0.3 is 6.61 Å². The first-order chi connectivity index (χ1) is 10.3. The highest BCUT2D eigenvalue weighted by Crippen LogP contribution is 2.50. The van der Waals surface area contributed by atoms with Crippen LogP contribution in [0.2, 0.25) is 25.1 Å². The summed E-state index contributed by atoms with van der Waals surface area (Å²) in [6.07, 6.45) is 1.73. The Kier molecular flexibility index (Phi) is 5.56. The molecule has 2 rings (SSSR count). The number of pyridine rings is 1. The summed E-state index contributed by atoms with van der Waals surface area (Å²) in [5.74, 6) is -1.92. The molecule has 118 valence electrons. The summed E-state index contributed by atoms with van der Waals surface area (Å²) in [6, 6.07) is 0. The van der Waals surface area contributed by atoms with Crippen LogP contribution in [0.15, 0.2) is 12.4 Å². The highest BCUT2D eigenvalue weighted by atomic mass is 35.5. The topological polar surface area (TPSA) is 22.1 Å². The van der Waals surface area contributed by atoms with E-state index in [0.717, 1.165) is 6.20 Å². The quantitative estimate of drug-likeness (QED) is 0.411. The summed E-state index contributed by atoms with van der Waals surface area (Å²) < 4.78 is 42.8. The molecule has 1 aromatic heterocycles. The fourth-order valence-electron chi connectivity index (χ4n) is 1.65. The van der Waals surface area contributed by atoms with Gasteiger partial charge in [-0.1, -0.05) is 58.0 Å². The third-order valence-corrected chi connectivity index (χ3v) is 4.82. The molecule has 1 aromatic carbocycles. The van der Waals surface area contributed by atoms with E-state index in [1.165, 1.54) is 0 Å². The summed E-state index contributed by atoms with van der Waals surface area (Å²) in [5.41, 5.74) is -0.360. The Hall–Kier alpha value is -0.590. The van der Waals surface area contributed by atoms with E-state index < -0.39 is 18.2 Å². The van der Waals surface area contributed by atoms with Crippen LogP contribution < -0.4 is 4.74 Å². The molecule has 0 aliphatic carbocycles. The number of rotatable bonds is 3. The second-order valence-electron chi connectivity index (χ2n) is 3.82. The van der Waals surface area contributed by atoms with E-state index in [1.54, 1.807) is 0 Å². The molecule has 0 saturated carbocycles. The van der Waals surface area contributed by atoms with Gasteiger partial charge in [0.15, 0.2) is 11.6 Å². The second-order valence-corrected chi connectivity index (χ2v) is 5.71. The van der Waals surface area contributed by atoms with E-state index in [-0.39, 0.29) is 36.2 Å². The Balaban J connectivity index is 2.81. The first-order valence-electron chi connectivity index (χ1n) is 5.35. The third-order valence-electron chi connectivity index (χ3n) is 2.54. The van der Waals surface area contributed by atoms with Gasteiger partial charge in [0.2, 0.25) is 0 Å². The standard InChI is InChI=1S/C12H3Cl5F3NO/c13-6-5(7(14)9(16)10(17)8(6)15)3-1-21-2-4(18)11(3)22-12(19)20/h1-2,12H. The Morgan fingerprint density at radius 3 is 1.86 bits per heavy atom. The van der Waals surface area contributed by atoms with E-state index in [9.17, 15) is 13.2 Å². The fraction of sp³-hybridized carbons (Fsp3) is 0.0833. The zero-order chi connectivity index (χ0) is 16.6. The normalized spacial score (nSPS) is 11.1. The molecular formula is C12H3Cl5F3NO. The number of aromatic nitrogens is 1. The van der Waals surface area contributed by atoms with Crippen LogP contribution >= 0.6 is 58.0 Å². The molecule has 1 heterocycles. The first kappa shape index (κ1) is 17.8. The zero-order valence-electron chi connectivity index (χ0n) is 10.1. The van der Waals surface area contributed by atoms with Crippen molar-refractivity contribution in [2.75, 3.05) is 0 Å². The highest BCUT2D eigenvalue weighted by molar-refractivity contribution is 6.56. The van der Waals surface area contributed by atoms with Crippen LogP contribution in [0.3, 0.4) is 0 Å². The minimum atomic E-state index is -3.27. The molecule has 10 heteroatoms. The van der Waals surface area contributed by atoms with E-state index in [4.69, 9.17) is 58.0 Å². The van der Waals surface area contributed by atoms with Crippen LogP contribution in [-0.2, 0) is 0 Å². The second kappa shape index (κ2) is 6.89. The molecular weight excluding hydrogens is 408 g/mol. The lowest BCUT2D eigenvalue weighted by atomic mass is 10.1. The fourth-order valence-corrected chi connectivity index (χ4v) is 2.99. The molecule has 0 unspecified atom stereocenters. The first-order valence-corrected chi connectivity index (χ1v) is 7.24. The predicted molar refractivity (Wildman–Crippen MR) is 81.3 cm³/mol. The van der Waals surface area contributed by atoms with E-state index in [1.807, 2.05) is 0 Å². The largest absolute Gasteiger partial charge is 0.431 e. The van der Waals surface area contributed by atoms with Gasteiger partial charge in [0, 0.05) is 17.3 Å². The molecule has 2 aromatic rings. The number of hydrogen-bond acceptors (Lipinski definition) is 2. The van der Waals surface area contributed by atoms with E-state index >= 15 is 0 Å². The molecule has 0 N–H and O–H groups in total. The Labute approximate surface area is 147 Å². The molecule has 0 fully saturated rings. The smallest absolute Gasteiger partial charge is 0.387 e. The molecule has 0 spiro atoms. The summed E-state index contributed by atoms with van der Waals surface area (Å²) in [6.45, 7) is -3.27. The highest BCUT2D eigenvalue weighted by Gasteiger charge is 2.25. The number of benzene rings is 1. The lowest BCUT2D eigenvalue weighted by Crippen LogP contribution is -2.06. The average molecular weight is 411 g/mol. The minimum absolute atomic E-state index is 0.120.